The quantitative estimate of drug-likeness (QED) is 0.894. The fraction of sp³-hybridized carbons (Fsp3) is 0.143. The molecule has 1 atom stereocenters. The summed E-state index contributed by atoms with van der Waals surface area (Å²) in [6.45, 7) is 0. The number of hydrogen-bond acceptors (Lipinski definition) is 2. The van der Waals surface area contributed by atoms with Crippen LogP contribution in [0, 0.1) is 0 Å². The van der Waals surface area contributed by atoms with Crippen molar-refractivity contribution in [2.45, 2.75) is 12.4 Å². The molecule has 0 aromatic heterocycles. The van der Waals surface area contributed by atoms with Gasteiger partial charge in [-0.25, -0.2) is 0 Å². The maximum atomic E-state index is 12.4. The molecule has 2 nitrogen and oxygen atoms in total. The number of alkyl halides is 3. The van der Waals surface area contributed by atoms with E-state index in [4.69, 9.17) is 5.73 Å². The van der Waals surface area contributed by atoms with Crippen molar-refractivity contribution in [3.05, 3.63) is 64.1 Å². The van der Waals surface area contributed by atoms with Crippen molar-refractivity contribution in [1.29, 1.82) is 0 Å². The fourth-order valence-electron chi connectivity index (χ4n) is 1.83. The van der Waals surface area contributed by atoms with Crippen molar-refractivity contribution in [1.82, 2.24) is 0 Å². The van der Waals surface area contributed by atoms with Crippen molar-refractivity contribution in [3.63, 3.8) is 0 Å². The molecule has 0 heterocycles. The molecule has 1 unspecified atom stereocenters. The van der Waals surface area contributed by atoms with Gasteiger partial charge in [-0.05, 0) is 23.8 Å². The largest absolute Gasteiger partial charge is 0.573 e. The third-order valence-corrected chi connectivity index (χ3v) is 3.18. The van der Waals surface area contributed by atoms with Crippen molar-refractivity contribution in [2.75, 3.05) is 0 Å². The molecule has 20 heavy (non-hydrogen) atoms. The highest BCUT2D eigenvalue weighted by Gasteiger charge is 2.32. The van der Waals surface area contributed by atoms with Crippen LogP contribution in [0.1, 0.15) is 17.2 Å². The Labute approximate surface area is 122 Å². The highest BCUT2D eigenvalue weighted by Crippen LogP contribution is 2.32. The van der Waals surface area contributed by atoms with E-state index in [9.17, 15) is 13.2 Å². The minimum atomic E-state index is -4.74. The first-order valence-electron chi connectivity index (χ1n) is 5.72. The zero-order valence-electron chi connectivity index (χ0n) is 10.2. The van der Waals surface area contributed by atoms with Crippen LogP contribution in [0.5, 0.6) is 5.75 Å². The SMILES string of the molecule is NC(c1cccc(Br)c1)c1ccccc1OC(F)(F)F. The van der Waals surface area contributed by atoms with Crippen molar-refractivity contribution < 1.29 is 17.9 Å². The molecule has 2 N–H and O–H groups in total. The number of ether oxygens (including phenoxy) is 1. The highest BCUT2D eigenvalue weighted by atomic mass is 79.9. The summed E-state index contributed by atoms with van der Waals surface area (Å²) in [5, 5.41) is 0. The van der Waals surface area contributed by atoms with Crippen LogP contribution in [0.2, 0.25) is 0 Å². The van der Waals surface area contributed by atoms with Crippen LogP contribution >= 0.6 is 15.9 Å². The molecule has 0 bridgehead atoms. The smallest absolute Gasteiger partial charge is 0.405 e. The zero-order chi connectivity index (χ0) is 14.8. The van der Waals surface area contributed by atoms with Gasteiger partial charge in [-0.3, -0.25) is 0 Å². The predicted octanol–water partition coefficient (Wildman–Crippen LogP) is 4.40. The highest BCUT2D eigenvalue weighted by molar-refractivity contribution is 9.10. The second-order valence-electron chi connectivity index (χ2n) is 4.12. The third kappa shape index (κ3) is 3.74. The van der Waals surface area contributed by atoms with Crippen molar-refractivity contribution in [2.24, 2.45) is 5.73 Å². The van der Waals surface area contributed by atoms with Crippen LogP contribution in [-0.2, 0) is 0 Å². The topological polar surface area (TPSA) is 35.2 Å². The summed E-state index contributed by atoms with van der Waals surface area (Å²) < 4.78 is 42.0. The zero-order valence-corrected chi connectivity index (χ0v) is 11.8. The standard InChI is InChI=1S/C14H11BrF3NO/c15-10-5-3-4-9(8-10)13(19)11-6-1-2-7-12(11)20-14(16,17)18/h1-8,13H,19H2. The lowest BCUT2D eigenvalue weighted by molar-refractivity contribution is -0.274. The van der Waals surface area contributed by atoms with Crippen molar-refractivity contribution in [3.8, 4) is 5.75 Å². The summed E-state index contributed by atoms with van der Waals surface area (Å²) in [4.78, 5) is 0. The van der Waals surface area contributed by atoms with Gasteiger partial charge in [0.25, 0.3) is 0 Å². The lowest BCUT2D eigenvalue weighted by Crippen LogP contribution is -2.20. The average Bonchev–Trinajstić information content (AvgIpc) is 2.37. The Morgan fingerprint density at radius 2 is 1.75 bits per heavy atom. The van der Waals surface area contributed by atoms with E-state index in [1.54, 1.807) is 24.3 Å². The molecule has 0 spiro atoms. The van der Waals surface area contributed by atoms with Crippen LogP contribution in [0.3, 0.4) is 0 Å². The Balaban J connectivity index is 2.37. The van der Waals surface area contributed by atoms with Crippen LogP contribution in [0.15, 0.2) is 53.0 Å². The van der Waals surface area contributed by atoms with Crippen LogP contribution in [0.25, 0.3) is 0 Å². The van der Waals surface area contributed by atoms with Gasteiger partial charge in [0, 0.05) is 10.0 Å². The molecule has 2 rings (SSSR count). The molecule has 2 aromatic rings. The number of halogens is 4. The van der Waals surface area contributed by atoms with Gasteiger partial charge < -0.3 is 10.5 Å². The minimum Gasteiger partial charge on any atom is -0.405 e. The Bertz CT molecular complexity index is 601. The molecule has 0 aliphatic carbocycles. The van der Waals surface area contributed by atoms with E-state index in [-0.39, 0.29) is 11.3 Å². The molecule has 106 valence electrons. The fourth-order valence-corrected chi connectivity index (χ4v) is 2.25. The minimum absolute atomic E-state index is 0.280. The summed E-state index contributed by atoms with van der Waals surface area (Å²) in [5.41, 5.74) is 7.01. The van der Waals surface area contributed by atoms with Gasteiger partial charge in [0.15, 0.2) is 0 Å². The monoisotopic (exact) mass is 345 g/mol. The Kier molecular flexibility index (Phi) is 4.35. The van der Waals surface area contributed by atoms with E-state index in [1.165, 1.54) is 18.2 Å². The van der Waals surface area contributed by atoms with Gasteiger partial charge in [0.2, 0.25) is 0 Å². The van der Waals surface area contributed by atoms with E-state index >= 15 is 0 Å². The Hall–Kier alpha value is -1.53. The van der Waals surface area contributed by atoms with Gasteiger partial charge >= 0.3 is 6.36 Å². The number of rotatable bonds is 3. The summed E-state index contributed by atoms with van der Waals surface area (Å²) in [6.07, 6.45) is -4.74. The van der Waals surface area contributed by atoms with Crippen LogP contribution in [0.4, 0.5) is 13.2 Å². The number of para-hydroxylation sites is 1. The molecule has 6 heteroatoms. The predicted molar refractivity (Wildman–Crippen MR) is 73.3 cm³/mol. The molecular formula is C14H11BrF3NO. The summed E-state index contributed by atoms with van der Waals surface area (Å²) in [6, 6.07) is 12.3. The number of benzene rings is 2. The van der Waals surface area contributed by atoms with Crippen LogP contribution in [-0.4, -0.2) is 6.36 Å². The maximum absolute atomic E-state index is 12.4. The molecule has 0 aliphatic heterocycles. The Morgan fingerprint density at radius 1 is 1.05 bits per heavy atom. The van der Waals surface area contributed by atoms with E-state index in [2.05, 4.69) is 20.7 Å². The first-order valence-corrected chi connectivity index (χ1v) is 6.52. The normalized spacial score (nSPS) is 13.1. The van der Waals surface area contributed by atoms with Gasteiger partial charge in [-0.1, -0.05) is 46.3 Å². The first kappa shape index (κ1) is 14.9. The molecule has 0 radical (unpaired) electrons. The van der Waals surface area contributed by atoms with E-state index in [0.29, 0.717) is 5.56 Å². The van der Waals surface area contributed by atoms with E-state index in [0.717, 1.165) is 4.47 Å². The van der Waals surface area contributed by atoms with Gasteiger partial charge in [0.05, 0.1) is 6.04 Å². The first-order chi connectivity index (χ1) is 9.37. The Morgan fingerprint density at radius 3 is 2.40 bits per heavy atom. The average molecular weight is 346 g/mol. The lowest BCUT2D eigenvalue weighted by Gasteiger charge is -2.18. The molecule has 0 saturated heterocycles. The van der Waals surface area contributed by atoms with Gasteiger partial charge in [0.1, 0.15) is 5.75 Å². The lowest BCUT2D eigenvalue weighted by atomic mass is 9.99. The molecule has 0 saturated carbocycles. The second kappa shape index (κ2) is 5.85. The van der Waals surface area contributed by atoms with Crippen molar-refractivity contribution >= 4 is 15.9 Å². The summed E-state index contributed by atoms with van der Waals surface area (Å²) in [5.74, 6) is -0.285. The van der Waals surface area contributed by atoms with Crippen LogP contribution < -0.4 is 10.5 Å². The van der Waals surface area contributed by atoms with E-state index < -0.39 is 12.4 Å². The molecular weight excluding hydrogens is 335 g/mol. The maximum Gasteiger partial charge on any atom is 0.573 e. The molecule has 2 aromatic carbocycles. The summed E-state index contributed by atoms with van der Waals surface area (Å²) in [7, 11) is 0. The molecule has 0 fully saturated rings. The third-order valence-electron chi connectivity index (χ3n) is 2.69. The molecule has 0 aliphatic rings. The molecule has 0 amide bonds. The van der Waals surface area contributed by atoms with E-state index in [1.807, 2.05) is 6.07 Å². The van der Waals surface area contributed by atoms with Gasteiger partial charge in [-0.2, -0.15) is 0 Å². The number of nitrogens with two attached hydrogens (primary N) is 1. The van der Waals surface area contributed by atoms with Gasteiger partial charge in [-0.15, -0.1) is 13.2 Å². The summed E-state index contributed by atoms with van der Waals surface area (Å²) >= 11 is 3.30. The number of hydrogen-bond donors (Lipinski definition) is 1. The second-order valence-corrected chi connectivity index (χ2v) is 5.03.